The van der Waals surface area contributed by atoms with Gasteiger partial charge in [0.05, 0.1) is 26.4 Å². The monoisotopic (exact) mass is 422 g/mol. The number of benzene rings is 2. The van der Waals surface area contributed by atoms with Crippen LogP contribution < -0.4 is 15.4 Å². The Morgan fingerprint density at radius 1 is 1.00 bits per heavy atom. The van der Waals surface area contributed by atoms with Crippen molar-refractivity contribution in [2.24, 2.45) is 4.99 Å². The molecule has 2 aliphatic rings. The first-order chi connectivity index (χ1) is 15.3. The van der Waals surface area contributed by atoms with Crippen molar-refractivity contribution < 1.29 is 9.47 Å². The van der Waals surface area contributed by atoms with Gasteiger partial charge in [-0.1, -0.05) is 42.5 Å². The molecule has 2 heterocycles. The number of morpholine rings is 1. The Hall–Kier alpha value is -2.57. The van der Waals surface area contributed by atoms with E-state index >= 15 is 0 Å². The lowest BCUT2D eigenvalue weighted by molar-refractivity contribution is 0.0341. The highest BCUT2D eigenvalue weighted by Crippen LogP contribution is 2.32. The maximum absolute atomic E-state index is 5.80. The van der Waals surface area contributed by atoms with Gasteiger partial charge in [0.1, 0.15) is 5.75 Å². The molecule has 0 radical (unpaired) electrons. The number of para-hydroxylation sites is 1. The van der Waals surface area contributed by atoms with Crippen LogP contribution in [-0.4, -0.2) is 56.9 Å². The molecule has 166 valence electrons. The summed E-state index contributed by atoms with van der Waals surface area (Å²) in [6, 6.07) is 17.0. The summed E-state index contributed by atoms with van der Waals surface area (Å²) in [7, 11) is 0. The van der Waals surface area contributed by atoms with Crippen molar-refractivity contribution in [1.82, 2.24) is 15.5 Å². The smallest absolute Gasteiger partial charge is 0.191 e. The van der Waals surface area contributed by atoms with Crippen LogP contribution in [0.5, 0.6) is 5.75 Å². The average molecular weight is 423 g/mol. The number of guanidine groups is 1. The Morgan fingerprint density at radius 3 is 2.61 bits per heavy atom. The Balaban J connectivity index is 1.39. The lowest BCUT2D eigenvalue weighted by Crippen LogP contribution is -2.40. The molecule has 1 atom stereocenters. The zero-order valence-electron chi connectivity index (χ0n) is 18.5. The molecule has 2 aromatic rings. The summed E-state index contributed by atoms with van der Waals surface area (Å²) in [5, 5.41) is 6.96. The van der Waals surface area contributed by atoms with E-state index in [1.165, 1.54) is 16.7 Å². The summed E-state index contributed by atoms with van der Waals surface area (Å²) in [6.07, 6.45) is 1.02. The highest BCUT2D eigenvalue weighted by Gasteiger charge is 2.21. The molecule has 1 fully saturated rings. The molecule has 0 aliphatic carbocycles. The van der Waals surface area contributed by atoms with Gasteiger partial charge in [-0.15, -0.1) is 0 Å². The van der Waals surface area contributed by atoms with Crippen molar-refractivity contribution in [3.8, 4) is 5.75 Å². The van der Waals surface area contributed by atoms with Crippen molar-refractivity contribution in [3.05, 3.63) is 65.2 Å². The topological polar surface area (TPSA) is 58.1 Å². The van der Waals surface area contributed by atoms with E-state index in [0.717, 1.165) is 70.7 Å². The average Bonchev–Trinajstić information content (AvgIpc) is 2.82. The lowest BCUT2D eigenvalue weighted by atomic mass is 9.93. The standard InChI is InChI=1S/C25H34N4O2/c1-2-26-25(28-18-21-11-14-31-24-10-6-5-9-23(21)24)27-17-20-7-3-4-8-22(20)19-29-12-15-30-16-13-29/h3-10,21H,2,11-19H2,1H3,(H2,26,27,28). The van der Waals surface area contributed by atoms with E-state index in [2.05, 4.69) is 64.9 Å². The minimum absolute atomic E-state index is 0.433. The van der Waals surface area contributed by atoms with Gasteiger partial charge in [-0.3, -0.25) is 4.90 Å². The van der Waals surface area contributed by atoms with Crippen LogP contribution in [0.15, 0.2) is 53.5 Å². The quantitative estimate of drug-likeness (QED) is 0.530. The highest BCUT2D eigenvalue weighted by molar-refractivity contribution is 5.79. The number of nitrogens with zero attached hydrogens (tertiary/aromatic N) is 2. The Morgan fingerprint density at radius 2 is 1.77 bits per heavy atom. The van der Waals surface area contributed by atoms with Crippen molar-refractivity contribution >= 4 is 5.96 Å². The molecule has 0 amide bonds. The van der Waals surface area contributed by atoms with Crippen molar-refractivity contribution in [1.29, 1.82) is 0 Å². The SMILES string of the molecule is CCNC(=NCc1ccccc1CN1CCOCC1)NCC1CCOc2ccccc21. The predicted octanol–water partition coefficient (Wildman–Crippen LogP) is 3.14. The summed E-state index contributed by atoms with van der Waals surface area (Å²) >= 11 is 0. The number of hydrogen-bond acceptors (Lipinski definition) is 4. The minimum Gasteiger partial charge on any atom is -0.493 e. The number of hydrogen-bond donors (Lipinski definition) is 2. The Bertz CT molecular complexity index is 864. The van der Waals surface area contributed by atoms with Crippen LogP contribution in [0.4, 0.5) is 0 Å². The second-order valence-corrected chi connectivity index (χ2v) is 8.11. The van der Waals surface area contributed by atoms with Gasteiger partial charge >= 0.3 is 0 Å². The molecule has 6 nitrogen and oxygen atoms in total. The summed E-state index contributed by atoms with van der Waals surface area (Å²) in [4.78, 5) is 7.35. The van der Waals surface area contributed by atoms with Gasteiger partial charge in [-0.05, 0) is 36.1 Å². The fourth-order valence-corrected chi connectivity index (χ4v) is 4.22. The first-order valence-corrected chi connectivity index (χ1v) is 11.4. The number of rotatable bonds is 7. The fraction of sp³-hybridized carbons (Fsp3) is 0.480. The van der Waals surface area contributed by atoms with Crippen LogP contribution in [0.25, 0.3) is 0 Å². The molecule has 4 rings (SSSR count). The molecule has 0 saturated carbocycles. The van der Waals surface area contributed by atoms with E-state index in [4.69, 9.17) is 14.5 Å². The molecule has 0 spiro atoms. The van der Waals surface area contributed by atoms with Gasteiger partial charge in [0, 0.05) is 38.6 Å². The Labute approximate surface area is 185 Å². The van der Waals surface area contributed by atoms with Crippen LogP contribution in [0, 0.1) is 0 Å². The number of fused-ring (bicyclic) bond motifs is 1. The fourth-order valence-electron chi connectivity index (χ4n) is 4.22. The van der Waals surface area contributed by atoms with Crippen molar-refractivity contribution in [2.45, 2.75) is 32.4 Å². The second kappa shape index (κ2) is 11.2. The number of ether oxygens (including phenoxy) is 2. The molecular formula is C25H34N4O2. The van der Waals surface area contributed by atoms with Gasteiger partial charge in [0.15, 0.2) is 5.96 Å². The van der Waals surface area contributed by atoms with Gasteiger partial charge in [0.2, 0.25) is 0 Å². The van der Waals surface area contributed by atoms with Crippen LogP contribution in [0.3, 0.4) is 0 Å². The first kappa shape index (κ1) is 21.7. The maximum atomic E-state index is 5.80. The van der Waals surface area contributed by atoms with Gasteiger partial charge in [-0.2, -0.15) is 0 Å². The number of nitrogens with one attached hydrogen (secondary N) is 2. The van der Waals surface area contributed by atoms with Crippen LogP contribution in [0.2, 0.25) is 0 Å². The molecule has 2 aliphatic heterocycles. The van der Waals surface area contributed by atoms with Gasteiger partial charge in [0.25, 0.3) is 0 Å². The first-order valence-electron chi connectivity index (χ1n) is 11.4. The molecule has 31 heavy (non-hydrogen) atoms. The van der Waals surface area contributed by atoms with Crippen LogP contribution in [-0.2, 0) is 17.8 Å². The molecule has 6 heteroatoms. The van der Waals surface area contributed by atoms with E-state index in [1.807, 2.05) is 6.07 Å². The van der Waals surface area contributed by atoms with E-state index in [9.17, 15) is 0 Å². The molecule has 1 saturated heterocycles. The zero-order valence-corrected chi connectivity index (χ0v) is 18.5. The minimum atomic E-state index is 0.433. The molecule has 0 aromatic heterocycles. The van der Waals surface area contributed by atoms with E-state index in [1.54, 1.807) is 0 Å². The number of aliphatic imine (C=N–C) groups is 1. The lowest BCUT2D eigenvalue weighted by Gasteiger charge is -2.27. The van der Waals surface area contributed by atoms with Crippen molar-refractivity contribution in [3.63, 3.8) is 0 Å². The molecule has 2 aromatic carbocycles. The molecule has 2 N–H and O–H groups in total. The normalized spacial score (nSPS) is 19.4. The third-order valence-electron chi connectivity index (χ3n) is 5.97. The second-order valence-electron chi connectivity index (χ2n) is 8.11. The summed E-state index contributed by atoms with van der Waals surface area (Å²) in [5.41, 5.74) is 3.91. The zero-order chi connectivity index (χ0) is 21.3. The van der Waals surface area contributed by atoms with E-state index < -0.39 is 0 Å². The Kier molecular flexibility index (Phi) is 7.80. The van der Waals surface area contributed by atoms with Gasteiger partial charge < -0.3 is 20.1 Å². The van der Waals surface area contributed by atoms with E-state index in [0.29, 0.717) is 12.5 Å². The third-order valence-corrected chi connectivity index (χ3v) is 5.97. The predicted molar refractivity (Wildman–Crippen MR) is 125 cm³/mol. The summed E-state index contributed by atoms with van der Waals surface area (Å²) in [5.74, 6) is 2.31. The van der Waals surface area contributed by atoms with E-state index in [-0.39, 0.29) is 0 Å². The molecular weight excluding hydrogens is 388 g/mol. The van der Waals surface area contributed by atoms with Gasteiger partial charge in [-0.25, -0.2) is 4.99 Å². The third kappa shape index (κ3) is 5.99. The highest BCUT2D eigenvalue weighted by atomic mass is 16.5. The molecule has 1 unspecified atom stereocenters. The maximum Gasteiger partial charge on any atom is 0.191 e. The molecule has 0 bridgehead atoms. The van der Waals surface area contributed by atoms with Crippen LogP contribution in [0.1, 0.15) is 36.0 Å². The summed E-state index contributed by atoms with van der Waals surface area (Å²) in [6.45, 7) is 9.82. The van der Waals surface area contributed by atoms with Crippen molar-refractivity contribution in [2.75, 3.05) is 46.0 Å². The largest absolute Gasteiger partial charge is 0.493 e. The van der Waals surface area contributed by atoms with Crippen LogP contribution >= 0.6 is 0 Å². The summed E-state index contributed by atoms with van der Waals surface area (Å²) < 4.78 is 11.3.